The fraction of sp³-hybridized carbons (Fsp3) is 0.333. The van der Waals surface area contributed by atoms with Gasteiger partial charge >= 0.3 is 13.0 Å². The highest BCUT2D eigenvalue weighted by Gasteiger charge is 2.32. The van der Waals surface area contributed by atoms with Gasteiger partial charge < -0.3 is 14.6 Å². The Hall–Kier alpha value is -2.39. The molecular formula is C18H18F5NO3. The number of halogens is 5. The molecular weight excluding hydrogens is 373 g/mol. The summed E-state index contributed by atoms with van der Waals surface area (Å²) < 4.78 is 69.9. The Morgan fingerprint density at radius 3 is 2.26 bits per heavy atom. The van der Waals surface area contributed by atoms with Gasteiger partial charge in [0.05, 0.1) is 6.10 Å². The molecule has 2 aromatic rings. The Labute approximate surface area is 152 Å². The average molecular weight is 391 g/mol. The monoisotopic (exact) mass is 391 g/mol. The summed E-state index contributed by atoms with van der Waals surface area (Å²) in [6.07, 6.45) is -5.76. The molecule has 0 aliphatic carbocycles. The van der Waals surface area contributed by atoms with E-state index < -0.39 is 19.1 Å². The molecule has 0 radical (unpaired) electrons. The molecule has 9 heteroatoms. The molecule has 0 spiro atoms. The molecule has 0 heterocycles. The Kier molecular flexibility index (Phi) is 6.98. The Morgan fingerprint density at radius 2 is 1.67 bits per heavy atom. The second-order valence-corrected chi connectivity index (χ2v) is 5.82. The van der Waals surface area contributed by atoms with Crippen LogP contribution in [0, 0.1) is 0 Å². The molecule has 0 aromatic heterocycles. The van der Waals surface area contributed by atoms with E-state index in [-0.39, 0.29) is 24.6 Å². The number of alkyl halides is 5. The SMILES string of the molecule is CN(Cc1ccccc1OC(F)(F)F)CC(O)c1ccc(OC(F)F)cc1. The Morgan fingerprint density at radius 1 is 1.04 bits per heavy atom. The van der Waals surface area contributed by atoms with E-state index in [1.54, 1.807) is 18.0 Å². The van der Waals surface area contributed by atoms with Crippen LogP contribution in [-0.4, -0.2) is 36.6 Å². The first-order valence-corrected chi connectivity index (χ1v) is 7.89. The molecule has 0 fully saturated rings. The fourth-order valence-electron chi connectivity index (χ4n) is 2.49. The maximum Gasteiger partial charge on any atom is 0.573 e. The van der Waals surface area contributed by atoms with Gasteiger partial charge in [0.15, 0.2) is 0 Å². The van der Waals surface area contributed by atoms with Crippen LogP contribution in [0.4, 0.5) is 22.0 Å². The highest BCUT2D eigenvalue weighted by atomic mass is 19.4. The van der Waals surface area contributed by atoms with E-state index >= 15 is 0 Å². The minimum atomic E-state index is -4.80. The Balaban J connectivity index is 1.98. The normalized spacial score (nSPS) is 13.1. The lowest BCUT2D eigenvalue weighted by molar-refractivity contribution is -0.275. The van der Waals surface area contributed by atoms with Crippen LogP contribution < -0.4 is 9.47 Å². The van der Waals surface area contributed by atoms with Gasteiger partial charge in [-0.15, -0.1) is 13.2 Å². The van der Waals surface area contributed by atoms with Gasteiger partial charge in [-0.3, -0.25) is 4.90 Å². The molecule has 0 aliphatic rings. The Bertz CT molecular complexity index is 722. The number of para-hydroxylation sites is 1. The van der Waals surface area contributed by atoms with E-state index in [1.807, 2.05) is 0 Å². The molecule has 27 heavy (non-hydrogen) atoms. The molecule has 1 N–H and O–H groups in total. The van der Waals surface area contributed by atoms with Crippen LogP contribution in [0.5, 0.6) is 11.5 Å². The predicted molar refractivity (Wildman–Crippen MR) is 87.5 cm³/mol. The predicted octanol–water partition coefficient (Wildman–Crippen LogP) is 4.35. The van der Waals surface area contributed by atoms with Crippen molar-refractivity contribution in [2.75, 3.05) is 13.6 Å². The summed E-state index contributed by atoms with van der Waals surface area (Å²) >= 11 is 0. The zero-order valence-corrected chi connectivity index (χ0v) is 14.3. The molecule has 4 nitrogen and oxygen atoms in total. The van der Waals surface area contributed by atoms with Gasteiger partial charge in [-0.1, -0.05) is 30.3 Å². The molecule has 2 aromatic carbocycles. The lowest BCUT2D eigenvalue weighted by atomic mass is 10.1. The molecule has 0 bridgehead atoms. The van der Waals surface area contributed by atoms with Gasteiger partial charge in [-0.25, -0.2) is 0 Å². The summed E-state index contributed by atoms with van der Waals surface area (Å²) in [5, 5.41) is 10.3. The molecule has 0 amide bonds. The van der Waals surface area contributed by atoms with Gasteiger partial charge in [0.2, 0.25) is 0 Å². The van der Waals surface area contributed by atoms with Gasteiger partial charge in [-0.05, 0) is 30.8 Å². The number of aliphatic hydroxyl groups excluding tert-OH is 1. The van der Waals surface area contributed by atoms with Gasteiger partial charge in [0.25, 0.3) is 0 Å². The van der Waals surface area contributed by atoms with Crippen LogP contribution in [0.1, 0.15) is 17.2 Å². The maximum atomic E-state index is 12.5. The fourth-order valence-corrected chi connectivity index (χ4v) is 2.49. The van der Waals surface area contributed by atoms with E-state index in [4.69, 9.17) is 0 Å². The van der Waals surface area contributed by atoms with Gasteiger partial charge in [-0.2, -0.15) is 8.78 Å². The van der Waals surface area contributed by atoms with Crippen molar-refractivity contribution in [2.24, 2.45) is 0 Å². The lowest BCUT2D eigenvalue weighted by Gasteiger charge is -2.22. The van der Waals surface area contributed by atoms with Crippen molar-refractivity contribution in [3.05, 3.63) is 59.7 Å². The zero-order chi connectivity index (χ0) is 20.0. The minimum absolute atomic E-state index is 0.0347. The van der Waals surface area contributed by atoms with E-state index in [1.165, 1.54) is 42.5 Å². The van der Waals surface area contributed by atoms with Crippen LogP contribution in [0.2, 0.25) is 0 Å². The highest BCUT2D eigenvalue weighted by molar-refractivity contribution is 5.33. The molecule has 0 aliphatic heterocycles. The number of benzene rings is 2. The first-order valence-electron chi connectivity index (χ1n) is 7.89. The van der Waals surface area contributed by atoms with Gasteiger partial charge in [0, 0.05) is 18.7 Å². The van der Waals surface area contributed by atoms with Crippen molar-refractivity contribution in [3.8, 4) is 11.5 Å². The van der Waals surface area contributed by atoms with Crippen molar-refractivity contribution in [1.82, 2.24) is 4.90 Å². The number of rotatable bonds is 8. The summed E-state index contributed by atoms with van der Waals surface area (Å²) in [5.74, 6) is -0.340. The van der Waals surface area contributed by atoms with E-state index in [0.29, 0.717) is 11.1 Å². The molecule has 1 unspecified atom stereocenters. The summed E-state index contributed by atoms with van der Waals surface area (Å²) in [6.45, 7) is -2.73. The van der Waals surface area contributed by atoms with Crippen LogP contribution >= 0.6 is 0 Å². The second kappa shape index (κ2) is 9.01. The quantitative estimate of drug-likeness (QED) is 0.680. The number of hydrogen-bond donors (Lipinski definition) is 1. The first kappa shape index (κ1) is 20.9. The highest BCUT2D eigenvalue weighted by Crippen LogP contribution is 2.27. The standard InChI is InChI=1S/C18H18F5NO3/c1-24(10-13-4-2-3-5-16(13)27-18(21,22)23)11-15(25)12-6-8-14(9-7-12)26-17(19)20/h2-9,15,17,25H,10-11H2,1H3. The van der Waals surface area contributed by atoms with Crippen LogP contribution in [-0.2, 0) is 6.54 Å². The van der Waals surface area contributed by atoms with Crippen molar-refractivity contribution in [3.63, 3.8) is 0 Å². The third-order valence-electron chi connectivity index (χ3n) is 3.61. The van der Waals surface area contributed by atoms with Crippen molar-refractivity contribution < 1.29 is 36.5 Å². The largest absolute Gasteiger partial charge is 0.573 e. The van der Waals surface area contributed by atoms with E-state index in [2.05, 4.69) is 9.47 Å². The van der Waals surface area contributed by atoms with Gasteiger partial charge in [0.1, 0.15) is 11.5 Å². The summed E-state index contributed by atoms with van der Waals surface area (Å²) in [4.78, 5) is 1.62. The second-order valence-electron chi connectivity index (χ2n) is 5.82. The molecule has 2 rings (SSSR count). The topological polar surface area (TPSA) is 41.9 Å². The van der Waals surface area contributed by atoms with E-state index in [0.717, 1.165) is 0 Å². The number of aliphatic hydroxyl groups is 1. The summed E-state index contributed by atoms with van der Waals surface area (Å²) in [7, 11) is 1.63. The number of likely N-dealkylation sites (N-methyl/N-ethyl adjacent to an activating group) is 1. The van der Waals surface area contributed by atoms with Crippen molar-refractivity contribution >= 4 is 0 Å². The van der Waals surface area contributed by atoms with Crippen molar-refractivity contribution in [1.29, 1.82) is 0 Å². The third-order valence-corrected chi connectivity index (χ3v) is 3.61. The molecule has 0 saturated heterocycles. The number of hydrogen-bond acceptors (Lipinski definition) is 4. The van der Waals surface area contributed by atoms with Crippen LogP contribution in [0.25, 0.3) is 0 Å². The van der Waals surface area contributed by atoms with Crippen LogP contribution in [0.15, 0.2) is 48.5 Å². The van der Waals surface area contributed by atoms with Crippen LogP contribution in [0.3, 0.4) is 0 Å². The summed E-state index contributed by atoms with van der Waals surface area (Å²) in [5.41, 5.74) is 0.772. The molecule has 1 atom stereocenters. The molecule has 0 saturated carbocycles. The zero-order valence-electron chi connectivity index (χ0n) is 14.3. The maximum absolute atomic E-state index is 12.5. The van der Waals surface area contributed by atoms with E-state index in [9.17, 15) is 27.1 Å². The summed E-state index contributed by atoms with van der Waals surface area (Å²) in [6, 6.07) is 11.2. The number of ether oxygens (including phenoxy) is 2. The average Bonchev–Trinajstić information content (AvgIpc) is 2.55. The number of nitrogens with zero attached hydrogens (tertiary/aromatic N) is 1. The first-order chi connectivity index (χ1) is 12.6. The molecule has 148 valence electrons. The smallest absolute Gasteiger partial charge is 0.435 e. The minimum Gasteiger partial charge on any atom is -0.435 e. The third kappa shape index (κ3) is 7.03. The lowest BCUT2D eigenvalue weighted by Crippen LogP contribution is -2.25. The van der Waals surface area contributed by atoms with Crippen molar-refractivity contribution in [2.45, 2.75) is 25.6 Å².